The van der Waals surface area contributed by atoms with Crippen LogP contribution in [-0.2, 0) is 17.6 Å². The first-order chi connectivity index (χ1) is 14.2. The minimum atomic E-state index is -0.458. The highest BCUT2D eigenvalue weighted by atomic mass is 16.5. The number of methoxy groups -OCH3 is 1. The molecule has 1 fully saturated rings. The van der Waals surface area contributed by atoms with Crippen LogP contribution in [0.4, 0.5) is 16.2 Å². The van der Waals surface area contributed by atoms with E-state index in [0.29, 0.717) is 24.4 Å². The van der Waals surface area contributed by atoms with Gasteiger partial charge in [-0.1, -0.05) is 18.2 Å². The molecular formula is C23H27N3O3. The third-order valence-electron chi connectivity index (χ3n) is 5.79. The molecule has 2 aromatic rings. The van der Waals surface area contributed by atoms with Crippen molar-refractivity contribution in [3.8, 4) is 5.75 Å². The molecule has 1 saturated heterocycles. The molecule has 0 saturated carbocycles. The minimum Gasteiger partial charge on any atom is -0.497 e. The standard InChI is InChI=1S/C23H27N3O3/c1-29-18-10-5-9-17(15-18)24-23(28)26-14-6-13-21(26)22(27)25-20-12-4-8-16-7-2-3-11-19(16)20/h4-5,8-10,12,15,21H,2-3,6-7,11,13-14H2,1H3,(H,24,28)(H,25,27)/t21-/m0/s1. The number of hydrogen-bond donors (Lipinski definition) is 2. The molecule has 0 radical (unpaired) electrons. The molecule has 1 aliphatic carbocycles. The molecule has 0 spiro atoms. The van der Waals surface area contributed by atoms with E-state index in [9.17, 15) is 9.59 Å². The van der Waals surface area contributed by atoms with Crippen molar-refractivity contribution in [2.24, 2.45) is 0 Å². The van der Waals surface area contributed by atoms with Gasteiger partial charge in [0, 0.05) is 24.0 Å². The van der Waals surface area contributed by atoms with Gasteiger partial charge in [-0.25, -0.2) is 4.79 Å². The van der Waals surface area contributed by atoms with Gasteiger partial charge in [-0.05, 0) is 67.9 Å². The highest BCUT2D eigenvalue weighted by Crippen LogP contribution is 2.29. The van der Waals surface area contributed by atoms with Gasteiger partial charge in [0.25, 0.3) is 0 Å². The number of amides is 3. The molecule has 1 aliphatic heterocycles. The van der Waals surface area contributed by atoms with Crippen LogP contribution in [0.5, 0.6) is 5.75 Å². The average Bonchev–Trinajstić information content (AvgIpc) is 3.24. The third kappa shape index (κ3) is 4.21. The number of rotatable bonds is 4. The third-order valence-corrected chi connectivity index (χ3v) is 5.79. The van der Waals surface area contributed by atoms with E-state index in [2.05, 4.69) is 16.7 Å². The largest absolute Gasteiger partial charge is 0.497 e. The number of benzene rings is 2. The van der Waals surface area contributed by atoms with Crippen molar-refractivity contribution < 1.29 is 14.3 Å². The summed E-state index contributed by atoms with van der Waals surface area (Å²) in [4.78, 5) is 27.5. The van der Waals surface area contributed by atoms with Crippen LogP contribution in [0.1, 0.15) is 36.8 Å². The summed E-state index contributed by atoms with van der Waals surface area (Å²) in [5.41, 5.74) is 4.12. The maximum Gasteiger partial charge on any atom is 0.322 e. The Balaban J connectivity index is 1.45. The Bertz CT molecular complexity index is 912. The number of ether oxygens (including phenoxy) is 1. The predicted molar refractivity (Wildman–Crippen MR) is 113 cm³/mol. The first-order valence-corrected chi connectivity index (χ1v) is 10.3. The zero-order chi connectivity index (χ0) is 20.2. The number of nitrogens with one attached hydrogen (secondary N) is 2. The fourth-order valence-electron chi connectivity index (χ4n) is 4.29. The molecule has 6 heteroatoms. The molecule has 2 N–H and O–H groups in total. The number of urea groups is 1. The molecule has 2 aromatic carbocycles. The maximum atomic E-state index is 13.0. The normalized spacial score (nSPS) is 18.1. The van der Waals surface area contributed by atoms with E-state index in [1.54, 1.807) is 18.1 Å². The van der Waals surface area contributed by atoms with E-state index in [1.165, 1.54) is 17.5 Å². The molecule has 2 aliphatic rings. The van der Waals surface area contributed by atoms with Gasteiger partial charge in [0.1, 0.15) is 11.8 Å². The molecule has 152 valence electrons. The van der Waals surface area contributed by atoms with Gasteiger partial charge in [-0.2, -0.15) is 0 Å². The molecule has 1 heterocycles. The summed E-state index contributed by atoms with van der Waals surface area (Å²) >= 11 is 0. The predicted octanol–water partition coefficient (Wildman–Crippen LogP) is 4.21. The molecule has 29 heavy (non-hydrogen) atoms. The number of carbonyl (C=O) groups is 2. The Morgan fingerprint density at radius 3 is 2.72 bits per heavy atom. The Kier molecular flexibility index (Phi) is 5.69. The van der Waals surface area contributed by atoms with Crippen LogP contribution < -0.4 is 15.4 Å². The second-order valence-electron chi connectivity index (χ2n) is 7.65. The molecule has 0 unspecified atom stereocenters. The lowest BCUT2D eigenvalue weighted by Gasteiger charge is -2.26. The van der Waals surface area contributed by atoms with Gasteiger partial charge in [0.2, 0.25) is 5.91 Å². The summed E-state index contributed by atoms with van der Waals surface area (Å²) in [7, 11) is 1.59. The second kappa shape index (κ2) is 8.55. The minimum absolute atomic E-state index is 0.109. The van der Waals surface area contributed by atoms with E-state index in [1.807, 2.05) is 30.3 Å². The van der Waals surface area contributed by atoms with Crippen molar-refractivity contribution in [3.05, 3.63) is 53.6 Å². The quantitative estimate of drug-likeness (QED) is 0.817. The lowest BCUT2D eigenvalue weighted by Crippen LogP contribution is -2.45. The molecule has 3 amide bonds. The Morgan fingerprint density at radius 1 is 1.03 bits per heavy atom. The zero-order valence-corrected chi connectivity index (χ0v) is 16.7. The fraction of sp³-hybridized carbons (Fsp3) is 0.391. The maximum absolute atomic E-state index is 13.0. The molecule has 0 aromatic heterocycles. The average molecular weight is 393 g/mol. The van der Waals surface area contributed by atoms with Crippen LogP contribution in [0.2, 0.25) is 0 Å². The van der Waals surface area contributed by atoms with Crippen LogP contribution in [0.25, 0.3) is 0 Å². The summed E-state index contributed by atoms with van der Waals surface area (Å²) in [5, 5.41) is 5.98. The van der Waals surface area contributed by atoms with E-state index >= 15 is 0 Å². The van der Waals surface area contributed by atoms with Gasteiger partial charge in [0.05, 0.1) is 7.11 Å². The number of aryl methyl sites for hydroxylation is 1. The summed E-state index contributed by atoms with van der Waals surface area (Å²) in [6, 6.07) is 12.6. The van der Waals surface area contributed by atoms with Crippen LogP contribution in [0.3, 0.4) is 0 Å². The van der Waals surface area contributed by atoms with Crippen LogP contribution in [0.15, 0.2) is 42.5 Å². The molecular weight excluding hydrogens is 366 g/mol. The number of nitrogens with zero attached hydrogens (tertiary/aromatic N) is 1. The summed E-state index contributed by atoms with van der Waals surface area (Å²) < 4.78 is 5.20. The smallest absolute Gasteiger partial charge is 0.322 e. The summed E-state index contributed by atoms with van der Waals surface area (Å²) in [6.45, 7) is 0.570. The van der Waals surface area contributed by atoms with Crippen LogP contribution in [0, 0.1) is 0 Å². The zero-order valence-electron chi connectivity index (χ0n) is 16.7. The lowest BCUT2D eigenvalue weighted by atomic mass is 9.90. The molecule has 6 nitrogen and oxygen atoms in total. The van der Waals surface area contributed by atoms with Crippen molar-refractivity contribution >= 4 is 23.3 Å². The Hall–Kier alpha value is -3.02. The van der Waals surface area contributed by atoms with Crippen molar-refractivity contribution in [1.29, 1.82) is 0 Å². The first-order valence-electron chi connectivity index (χ1n) is 10.3. The van der Waals surface area contributed by atoms with Crippen molar-refractivity contribution in [3.63, 3.8) is 0 Å². The lowest BCUT2D eigenvalue weighted by molar-refractivity contribution is -0.119. The monoisotopic (exact) mass is 393 g/mol. The highest BCUT2D eigenvalue weighted by Gasteiger charge is 2.34. The van der Waals surface area contributed by atoms with Gasteiger partial charge in [-0.3, -0.25) is 4.79 Å². The van der Waals surface area contributed by atoms with Gasteiger partial charge >= 0.3 is 6.03 Å². The fourth-order valence-corrected chi connectivity index (χ4v) is 4.29. The number of anilines is 2. The van der Waals surface area contributed by atoms with Gasteiger partial charge < -0.3 is 20.3 Å². The van der Waals surface area contributed by atoms with E-state index in [-0.39, 0.29) is 11.9 Å². The number of fused-ring (bicyclic) bond motifs is 1. The van der Waals surface area contributed by atoms with E-state index in [0.717, 1.165) is 31.4 Å². The Morgan fingerprint density at radius 2 is 1.86 bits per heavy atom. The first kappa shape index (κ1) is 19.3. The van der Waals surface area contributed by atoms with Crippen molar-refractivity contribution in [2.45, 2.75) is 44.6 Å². The van der Waals surface area contributed by atoms with E-state index in [4.69, 9.17) is 4.74 Å². The number of likely N-dealkylation sites (tertiary alicyclic amines) is 1. The topological polar surface area (TPSA) is 70.7 Å². The summed E-state index contributed by atoms with van der Waals surface area (Å²) in [5.74, 6) is 0.564. The van der Waals surface area contributed by atoms with Crippen LogP contribution in [-0.4, -0.2) is 36.5 Å². The van der Waals surface area contributed by atoms with E-state index < -0.39 is 6.04 Å². The molecule has 4 rings (SSSR count). The highest BCUT2D eigenvalue weighted by molar-refractivity contribution is 6.00. The molecule has 1 atom stereocenters. The number of hydrogen-bond acceptors (Lipinski definition) is 3. The van der Waals surface area contributed by atoms with Gasteiger partial charge in [-0.15, -0.1) is 0 Å². The van der Waals surface area contributed by atoms with Crippen LogP contribution >= 0.6 is 0 Å². The second-order valence-corrected chi connectivity index (χ2v) is 7.65. The van der Waals surface area contributed by atoms with Crippen molar-refractivity contribution in [2.75, 3.05) is 24.3 Å². The number of carbonyl (C=O) groups excluding carboxylic acids is 2. The van der Waals surface area contributed by atoms with Gasteiger partial charge in [0.15, 0.2) is 0 Å². The summed E-state index contributed by atoms with van der Waals surface area (Å²) in [6.07, 6.45) is 5.90. The van der Waals surface area contributed by atoms with Crippen molar-refractivity contribution in [1.82, 2.24) is 4.90 Å². The Labute approximate surface area is 171 Å². The SMILES string of the molecule is COc1cccc(NC(=O)N2CCC[C@H]2C(=O)Nc2cccc3c2CCCC3)c1. The molecule has 0 bridgehead atoms.